The topological polar surface area (TPSA) is 104 Å². The monoisotopic (exact) mass is 447 g/mol. The molecule has 5 rings (SSSR count). The van der Waals surface area contributed by atoms with Gasteiger partial charge in [0.15, 0.2) is 5.96 Å². The van der Waals surface area contributed by atoms with Crippen molar-refractivity contribution in [2.75, 3.05) is 19.6 Å². The van der Waals surface area contributed by atoms with E-state index in [0.717, 1.165) is 30.8 Å². The summed E-state index contributed by atoms with van der Waals surface area (Å²) in [5, 5.41) is 9.87. The van der Waals surface area contributed by atoms with Gasteiger partial charge in [0, 0.05) is 50.7 Å². The van der Waals surface area contributed by atoms with Gasteiger partial charge in [-0.05, 0) is 36.0 Å². The minimum atomic E-state index is -0.126. The molecule has 3 heterocycles. The van der Waals surface area contributed by atoms with Crippen molar-refractivity contribution in [3.8, 4) is 0 Å². The normalized spacial score (nSPS) is 19.6. The molecule has 0 spiro atoms. The van der Waals surface area contributed by atoms with Crippen LogP contribution in [0.5, 0.6) is 0 Å². The van der Waals surface area contributed by atoms with Crippen molar-refractivity contribution in [2.45, 2.75) is 44.3 Å². The maximum absolute atomic E-state index is 12.6. The van der Waals surface area contributed by atoms with Crippen LogP contribution in [0.2, 0.25) is 0 Å². The average Bonchev–Trinajstić information content (AvgIpc) is 3.47. The summed E-state index contributed by atoms with van der Waals surface area (Å²) in [6, 6.07) is 9.14. The summed E-state index contributed by atoms with van der Waals surface area (Å²) in [4.78, 5) is 34.9. The average molecular weight is 448 g/mol. The fourth-order valence-corrected chi connectivity index (χ4v) is 4.74. The van der Waals surface area contributed by atoms with E-state index >= 15 is 0 Å². The number of likely N-dealkylation sites (tertiary alicyclic amines) is 1. The number of aliphatic imine (C=N–C) groups is 1. The van der Waals surface area contributed by atoms with Crippen molar-refractivity contribution in [1.29, 1.82) is 0 Å². The summed E-state index contributed by atoms with van der Waals surface area (Å²) in [7, 11) is 0. The number of rotatable bonds is 6. The molecule has 1 saturated heterocycles. The molecule has 1 aromatic heterocycles. The molecule has 33 heavy (non-hydrogen) atoms. The van der Waals surface area contributed by atoms with Gasteiger partial charge < -0.3 is 25.4 Å². The molecule has 0 radical (unpaired) electrons. The van der Waals surface area contributed by atoms with Gasteiger partial charge in [0.05, 0.1) is 12.4 Å². The van der Waals surface area contributed by atoms with Crippen LogP contribution in [0.4, 0.5) is 0 Å². The molecule has 3 aliphatic rings. The first-order valence-corrected chi connectivity index (χ1v) is 11.5. The maximum atomic E-state index is 12.6. The van der Waals surface area contributed by atoms with E-state index in [1.54, 1.807) is 23.3 Å². The molecule has 1 fully saturated rings. The SMILES string of the molecule is O=C(Cn1ccnc1)NCCC(=O)N1CCC2NC(NC3Cc4ccccc4C3)=NC=C2C1. The lowest BCUT2D eigenvalue weighted by atomic mass is 9.98. The minimum absolute atomic E-state index is 0.0499. The number of hydrogen-bond acceptors (Lipinski definition) is 6. The number of aromatic nitrogens is 2. The van der Waals surface area contributed by atoms with Crippen LogP contribution >= 0.6 is 0 Å². The van der Waals surface area contributed by atoms with Crippen LogP contribution in [0.25, 0.3) is 0 Å². The van der Waals surface area contributed by atoms with Gasteiger partial charge in [0.1, 0.15) is 6.54 Å². The molecule has 2 amide bonds. The van der Waals surface area contributed by atoms with E-state index in [9.17, 15) is 9.59 Å². The summed E-state index contributed by atoms with van der Waals surface area (Å²) >= 11 is 0. The number of carbonyl (C=O) groups excluding carboxylic acids is 2. The Labute approximate surface area is 193 Å². The van der Waals surface area contributed by atoms with E-state index in [0.29, 0.717) is 32.1 Å². The van der Waals surface area contributed by atoms with Gasteiger partial charge in [0.25, 0.3) is 0 Å². The van der Waals surface area contributed by atoms with E-state index in [2.05, 4.69) is 50.2 Å². The molecule has 1 aromatic carbocycles. The first kappa shape index (κ1) is 21.2. The van der Waals surface area contributed by atoms with Gasteiger partial charge in [0.2, 0.25) is 11.8 Å². The van der Waals surface area contributed by atoms with Crippen LogP contribution in [0.1, 0.15) is 24.0 Å². The molecular weight excluding hydrogens is 418 g/mol. The zero-order chi connectivity index (χ0) is 22.6. The fourth-order valence-electron chi connectivity index (χ4n) is 4.74. The van der Waals surface area contributed by atoms with Crippen LogP contribution in [0.15, 0.2) is 59.8 Å². The standard InChI is InChI=1S/C24H29N7O2/c32-22(15-30-10-8-25-16-30)26-7-5-23(33)31-9-6-21-19(14-31)13-27-24(29-21)28-20-11-17-3-1-2-4-18(17)12-20/h1-4,8,10,13,16,20-21H,5-7,9,11-12,14-15H2,(H,26,32)(H2,27,28,29). The van der Waals surface area contributed by atoms with E-state index in [4.69, 9.17) is 0 Å². The largest absolute Gasteiger partial charge is 0.354 e. The second-order valence-electron chi connectivity index (χ2n) is 8.84. The van der Waals surface area contributed by atoms with Crippen molar-refractivity contribution in [1.82, 2.24) is 30.4 Å². The quantitative estimate of drug-likeness (QED) is 0.602. The Balaban J connectivity index is 1.08. The molecule has 172 valence electrons. The highest BCUT2D eigenvalue weighted by Gasteiger charge is 2.30. The van der Waals surface area contributed by atoms with Gasteiger partial charge in [-0.25, -0.2) is 9.98 Å². The van der Waals surface area contributed by atoms with Crippen LogP contribution in [-0.4, -0.2) is 63.9 Å². The lowest BCUT2D eigenvalue weighted by molar-refractivity contribution is -0.131. The third-order valence-corrected chi connectivity index (χ3v) is 6.47. The zero-order valence-electron chi connectivity index (χ0n) is 18.5. The van der Waals surface area contributed by atoms with Gasteiger partial charge in [-0.1, -0.05) is 24.3 Å². The Kier molecular flexibility index (Phi) is 6.10. The molecule has 1 aliphatic carbocycles. The number of hydrogen-bond donors (Lipinski definition) is 3. The molecule has 9 nitrogen and oxygen atoms in total. The van der Waals surface area contributed by atoms with Gasteiger partial charge in [-0.3, -0.25) is 9.59 Å². The van der Waals surface area contributed by atoms with E-state index in [1.807, 2.05) is 11.1 Å². The number of guanidine groups is 1. The third-order valence-electron chi connectivity index (χ3n) is 6.47. The van der Waals surface area contributed by atoms with Gasteiger partial charge in [-0.2, -0.15) is 0 Å². The van der Waals surface area contributed by atoms with Gasteiger partial charge in [-0.15, -0.1) is 0 Å². The Morgan fingerprint density at radius 3 is 2.76 bits per heavy atom. The summed E-state index contributed by atoms with van der Waals surface area (Å²) < 4.78 is 1.69. The van der Waals surface area contributed by atoms with E-state index in [1.165, 1.54) is 11.1 Å². The van der Waals surface area contributed by atoms with Crippen LogP contribution in [0, 0.1) is 0 Å². The van der Waals surface area contributed by atoms with Crippen LogP contribution in [-0.2, 0) is 29.0 Å². The second kappa shape index (κ2) is 9.48. The molecule has 0 bridgehead atoms. The predicted molar refractivity (Wildman–Crippen MR) is 124 cm³/mol. The second-order valence-corrected chi connectivity index (χ2v) is 8.84. The number of benzene rings is 1. The number of piperidine rings is 1. The molecular formula is C24H29N7O2. The predicted octanol–water partition coefficient (Wildman–Crippen LogP) is 0.590. The van der Waals surface area contributed by atoms with Crippen molar-refractivity contribution >= 4 is 17.8 Å². The molecule has 1 unspecified atom stereocenters. The first-order valence-electron chi connectivity index (χ1n) is 11.5. The number of nitrogens with zero attached hydrogens (tertiary/aromatic N) is 4. The van der Waals surface area contributed by atoms with E-state index in [-0.39, 0.29) is 24.4 Å². The van der Waals surface area contributed by atoms with Crippen molar-refractivity contribution in [3.05, 3.63) is 65.9 Å². The van der Waals surface area contributed by atoms with Crippen molar-refractivity contribution < 1.29 is 9.59 Å². The Morgan fingerprint density at radius 1 is 1.18 bits per heavy atom. The summed E-state index contributed by atoms with van der Waals surface area (Å²) in [6.45, 7) is 1.81. The number of imidazole rings is 1. The molecule has 9 heteroatoms. The fraction of sp³-hybridized carbons (Fsp3) is 0.417. The summed E-state index contributed by atoms with van der Waals surface area (Å²) in [5.41, 5.74) is 3.94. The molecule has 0 saturated carbocycles. The third kappa shape index (κ3) is 5.08. The van der Waals surface area contributed by atoms with Crippen LogP contribution in [0.3, 0.4) is 0 Å². The number of amides is 2. The first-order chi connectivity index (χ1) is 16.1. The summed E-state index contributed by atoms with van der Waals surface area (Å²) in [5.74, 6) is 0.745. The molecule has 2 aromatic rings. The number of nitrogens with one attached hydrogen (secondary N) is 3. The Hall–Kier alpha value is -3.62. The molecule has 2 aliphatic heterocycles. The smallest absolute Gasteiger partial charge is 0.239 e. The lowest BCUT2D eigenvalue weighted by Gasteiger charge is -2.37. The molecule has 3 N–H and O–H groups in total. The summed E-state index contributed by atoms with van der Waals surface area (Å²) in [6.07, 6.45) is 10.0. The maximum Gasteiger partial charge on any atom is 0.239 e. The highest BCUT2D eigenvalue weighted by atomic mass is 16.2. The molecule has 1 atom stereocenters. The minimum Gasteiger partial charge on any atom is -0.354 e. The zero-order valence-corrected chi connectivity index (χ0v) is 18.5. The lowest BCUT2D eigenvalue weighted by Crippen LogP contribution is -2.54. The Morgan fingerprint density at radius 2 is 2.00 bits per heavy atom. The highest BCUT2D eigenvalue weighted by molar-refractivity contribution is 5.83. The highest BCUT2D eigenvalue weighted by Crippen LogP contribution is 2.23. The van der Waals surface area contributed by atoms with Crippen LogP contribution < -0.4 is 16.0 Å². The number of fused-ring (bicyclic) bond motifs is 2. The Bertz CT molecular complexity index is 1050. The van der Waals surface area contributed by atoms with Crippen molar-refractivity contribution in [3.63, 3.8) is 0 Å². The van der Waals surface area contributed by atoms with E-state index < -0.39 is 0 Å². The van der Waals surface area contributed by atoms with Gasteiger partial charge >= 0.3 is 0 Å². The number of carbonyl (C=O) groups is 2. The van der Waals surface area contributed by atoms with Crippen molar-refractivity contribution in [2.24, 2.45) is 4.99 Å².